The Hall–Kier alpha value is -0.570. The molecule has 0 atom stereocenters. The number of nitrogens with one attached hydrogen (secondary N) is 1. The van der Waals surface area contributed by atoms with E-state index in [0.717, 1.165) is 25.6 Å². The van der Waals surface area contributed by atoms with E-state index in [1.165, 1.54) is 19.3 Å². The summed E-state index contributed by atoms with van der Waals surface area (Å²) in [6.07, 6.45) is 3.63. The van der Waals surface area contributed by atoms with E-state index in [9.17, 15) is 4.79 Å². The van der Waals surface area contributed by atoms with Gasteiger partial charge in [-0.05, 0) is 31.2 Å². The highest BCUT2D eigenvalue weighted by Crippen LogP contribution is 2.19. The molecule has 1 aliphatic heterocycles. The molecule has 0 aliphatic carbocycles. The molecule has 1 saturated heterocycles. The smallest absolute Gasteiger partial charge is 0.236 e. The number of rotatable bonds is 5. The number of hydrogen-bond acceptors (Lipinski definition) is 2. The van der Waals surface area contributed by atoms with E-state index in [1.54, 1.807) is 0 Å². The van der Waals surface area contributed by atoms with E-state index in [1.807, 2.05) is 4.90 Å². The van der Waals surface area contributed by atoms with Gasteiger partial charge in [-0.2, -0.15) is 0 Å². The van der Waals surface area contributed by atoms with Gasteiger partial charge >= 0.3 is 0 Å². The van der Waals surface area contributed by atoms with Gasteiger partial charge in [-0.15, -0.1) is 0 Å². The Labute approximate surface area is 99.6 Å². The Morgan fingerprint density at radius 2 is 2.00 bits per heavy atom. The fourth-order valence-electron chi connectivity index (χ4n) is 2.17. The molecule has 0 bridgehead atoms. The Kier molecular flexibility index (Phi) is 5.81. The van der Waals surface area contributed by atoms with Gasteiger partial charge in [0.25, 0.3) is 0 Å². The molecule has 0 spiro atoms. The minimum absolute atomic E-state index is 0.273. The molecule has 16 heavy (non-hydrogen) atoms. The zero-order valence-corrected chi connectivity index (χ0v) is 11.0. The van der Waals surface area contributed by atoms with Crippen LogP contribution in [-0.4, -0.2) is 37.0 Å². The van der Waals surface area contributed by atoms with Crippen molar-refractivity contribution in [2.45, 2.75) is 40.0 Å². The molecule has 0 saturated carbocycles. The van der Waals surface area contributed by atoms with E-state index in [4.69, 9.17) is 0 Å². The SMILES string of the molecule is CCC1CCN(C(=O)CNCC(C)C)CC1. The third-order valence-electron chi connectivity index (χ3n) is 3.37. The van der Waals surface area contributed by atoms with Gasteiger partial charge in [0, 0.05) is 13.1 Å². The lowest BCUT2D eigenvalue weighted by Gasteiger charge is -2.31. The van der Waals surface area contributed by atoms with Crippen LogP contribution in [0.1, 0.15) is 40.0 Å². The van der Waals surface area contributed by atoms with Gasteiger partial charge in [-0.3, -0.25) is 4.79 Å². The Morgan fingerprint density at radius 1 is 1.38 bits per heavy atom. The van der Waals surface area contributed by atoms with Gasteiger partial charge in [0.05, 0.1) is 6.54 Å². The van der Waals surface area contributed by atoms with Gasteiger partial charge in [0.15, 0.2) is 0 Å². The van der Waals surface area contributed by atoms with Crippen molar-refractivity contribution in [1.29, 1.82) is 0 Å². The van der Waals surface area contributed by atoms with Crippen molar-refractivity contribution in [1.82, 2.24) is 10.2 Å². The number of hydrogen-bond donors (Lipinski definition) is 1. The topological polar surface area (TPSA) is 32.3 Å². The van der Waals surface area contributed by atoms with Crippen molar-refractivity contribution in [2.75, 3.05) is 26.2 Å². The summed E-state index contributed by atoms with van der Waals surface area (Å²) in [5, 5.41) is 3.22. The number of carbonyl (C=O) groups excluding carboxylic acids is 1. The maximum atomic E-state index is 11.8. The first-order valence-corrected chi connectivity index (χ1v) is 6.62. The van der Waals surface area contributed by atoms with Crippen molar-refractivity contribution < 1.29 is 4.79 Å². The van der Waals surface area contributed by atoms with Crippen LogP contribution in [0.25, 0.3) is 0 Å². The molecule has 1 aliphatic rings. The summed E-state index contributed by atoms with van der Waals surface area (Å²) in [6.45, 7) is 9.91. The van der Waals surface area contributed by atoms with Crippen molar-refractivity contribution >= 4 is 5.91 Å². The largest absolute Gasteiger partial charge is 0.342 e. The molecule has 1 rings (SSSR count). The van der Waals surface area contributed by atoms with Gasteiger partial charge in [-0.1, -0.05) is 27.2 Å². The number of carbonyl (C=O) groups is 1. The minimum Gasteiger partial charge on any atom is -0.342 e. The molecule has 94 valence electrons. The van der Waals surface area contributed by atoms with Crippen LogP contribution >= 0.6 is 0 Å². The van der Waals surface area contributed by atoms with Gasteiger partial charge in [-0.25, -0.2) is 0 Å². The lowest BCUT2D eigenvalue weighted by atomic mass is 9.94. The normalized spacial score (nSPS) is 18.1. The quantitative estimate of drug-likeness (QED) is 0.776. The molecule has 3 heteroatoms. The number of nitrogens with zero attached hydrogens (tertiary/aromatic N) is 1. The zero-order valence-electron chi connectivity index (χ0n) is 11.0. The molecular formula is C13H26N2O. The Balaban J connectivity index is 2.18. The third-order valence-corrected chi connectivity index (χ3v) is 3.37. The van der Waals surface area contributed by atoms with Crippen LogP contribution in [-0.2, 0) is 4.79 Å². The van der Waals surface area contributed by atoms with Crippen LogP contribution < -0.4 is 5.32 Å². The third kappa shape index (κ3) is 4.52. The van der Waals surface area contributed by atoms with Crippen LogP contribution in [0.4, 0.5) is 0 Å². The predicted octanol–water partition coefficient (Wildman–Crippen LogP) is 1.88. The van der Waals surface area contributed by atoms with Crippen molar-refractivity contribution in [3.05, 3.63) is 0 Å². The molecule has 0 unspecified atom stereocenters. The standard InChI is InChI=1S/C13H26N2O/c1-4-12-5-7-15(8-6-12)13(16)10-14-9-11(2)3/h11-12,14H,4-10H2,1-3H3. The lowest BCUT2D eigenvalue weighted by Crippen LogP contribution is -2.43. The molecule has 1 heterocycles. The molecule has 1 N–H and O–H groups in total. The summed E-state index contributed by atoms with van der Waals surface area (Å²) in [5.74, 6) is 1.72. The first-order valence-electron chi connectivity index (χ1n) is 6.62. The Morgan fingerprint density at radius 3 is 2.50 bits per heavy atom. The second kappa shape index (κ2) is 6.89. The molecule has 0 aromatic rings. The highest BCUT2D eigenvalue weighted by atomic mass is 16.2. The van der Waals surface area contributed by atoms with Crippen LogP contribution in [0.2, 0.25) is 0 Å². The summed E-state index contributed by atoms with van der Waals surface area (Å²) in [6, 6.07) is 0. The summed E-state index contributed by atoms with van der Waals surface area (Å²) < 4.78 is 0. The van der Waals surface area contributed by atoms with Gasteiger partial charge in [0.1, 0.15) is 0 Å². The fourth-order valence-corrected chi connectivity index (χ4v) is 2.17. The molecule has 0 aromatic carbocycles. The lowest BCUT2D eigenvalue weighted by molar-refractivity contribution is -0.131. The number of piperidine rings is 1. The van der Waals surface area contributed by atoms with E-state index < -0.39 is 0 Å². The maximum Gasteiger partial charge on any atom is 0.236 e. The highest BCUT2D eigenvalue weighted by Gasteiger charge is 2.21. The van der Waals surface area contributed by atoms with E-state index >= 15 is 0 Å². The molecule has 1 amide bonds. The van der Waals surface area contributed by atoms with Crippen molar-refractivity contribution in [3.63, 3.8) is 0 Å². The molecule has 0 radical (unpaired) electrons. The van der Waals surface area contributed by atoms with Crippen LogP contribution in [0.3, 0.4) is 0 Å². The highest BCUT2D eigenvalue weighted by molar-refractivity contribution is 5.78. The molecule has 0 aromatic heterocycles. The molecular weight excluding hydrogens is 200 g/mol. The summed E-state index contributed by atoms with van der Waals surface area (Å²) in [7, 11) is 0. The summed E-state index contributed by atoms with van der Waals surface area (Å²) >= 11 is 0. The Bertz CT molecular complexity index is 208. The first-order chi connectivity index (χ1) is 7.63. The molecule has 1 fully saturated rings. The van der Waals surface area contributed by atoms with Crippen molar-refractivity contribution in [3.8, 4) is 0 Å². The minimum atomic E-state index is 0.273. The van der Waals surface area contributed by atoms with E-state index in [2.05, 4.69) is 26.1 Å². The van der Waals surface area contributed by atoms with Crippen LogP contribution in [0, 0.1) is 11.8 Å². The predicted molar refractivity (Wildman–Crippen MR) is 67.3 cm³/mol. The van der Waals surface area contributed by atoms with E-state index in [-0.39, 0.29) is 5.91 Å². The van der Waals surface area contributed by atoms with Gasteiger partial charge in [0.2, 0.25) is 5.91 Å². The average Bonchev–Trinajstić information content (AvgIpc) is 2.28. The number of likely N-dealkylation sites (tertiary alicyclic amines) is 1. The number of amides is 1. The van der Waals surface area contributed by atoms with Crippen LogP contribution in [0.5, 0.6) is 0 Å². The second-order valence-corrected chi connectivity index (χ2v) is 5.26. The van der Waals surface area contributed by atoms with E-state index in [0.29, 0.717) is 12.5 Å². The zero-order chi connectivity index (χ0) is 12.0. The van der Waals surface area contributed by atoms with Gasteiger partial charge < -0.3 is 10.2 Å². The molecule has 3 nitrogen and oxygen atoms in total. The summed E-state index contributed by atoms with van der Waals surface area (Å²) in [4.78, 5) is 13.9. The van der Waals surface area contributed by atoms with Crippen LogP contribution in [0.15, 0.2) is 0 Å². The second-order valence-electron chi connectivity index (χ2n) is 5.26. The maximum absolute atomic E-state index is 11.8. The monoisotopic (exact) mass is 226 g/mol. The first kappa shape index (κ1) is 13.5. The average molecular weight is 226 g/mol. The summed E-state index contributed by atoms with van der Waals surface area (Å²) in [5.41, 5.74) is 0. The van der Waals surface area contributed by atoms with Crippen molar-refractivity contribution in [2.24, 2.45) is 11.8 Å². The fraction of sp³-hybridized carbons (Fsp3) is 0.923.